The van der Waals surface area contributed by atoms with E-state index in [1.165, 1.54) is 31.0 Å². The molecule has 0 spiro atoms. The first-order valence-corrected chi connectivity index (χ1v) is 12.6. The molecule has 0 bridgehead atoms. The maximum absolute atomic E-state index is 13.3. The summed E-state index contributed by atoms with van der Waals surface area (Å²) in [5.74, 6) is 2.05. The third-order valence-electron chi connectivity index (χ3n) is 6.66. The van der Waals surface area contributed by atoms with Crippen LogP contribution in [0.3, 0.4) is 0 Å². The predicted molar refractivity (Wildman–Crippen MR) is 124 cm³/mol. The number of amides is 2. The van der Waals surface area contributed by atoms with Crippen molar-refractivity contribution in [2.75, 3.05) is 25.9 Å². The second-order valence-corrected chi connectivity index (χ2v) is 9.84. The fourth-order valence-corrected chi connectivity index (χ4v) is 5.63. The van der Waals surface area contributed by atoms with Crippen molar-refractivity contribution in [1.29, 1.82) is 0 Å². The summed E-state index contributed by atoms with van der Waals surface area (Å²) >= 11 is 1.47. The lowest BCUT2D eigenvalue weighted by Crippen LogP contribution is -2.39. The minimum absolute atomic E-state index is 0.0290. The zero-order valence-corrected chi connectivity index (χ0v) is 19.8. The molecule has 1 aliphatic heterocycles. The molecule has 7 nitrogen and oxygen atoms in total. The van der Waals surface area contributed by atoms with Crippen LogP contribution >= 0.6 is 11.8 Å². The van der Waals surface area contributed by atoms with Gasteiger partial charge in [-0.1, -0.05) is 36.6 Å². The molecule has 1 saturated carbocycles. The van der Waals surface area contributed by atoms with Gasteiger partial charge in [0.15, 0.2) is 5.82 Å². The van der Waals surface area contributed by atoms with Gasteiger partial charge in [0.1, 0.15) is 0 Å². The van der Waals surface area contributed by atoms with Gasteiger partial charge in [0.05, 0.1) is 11.3 Å². The van der Waals surface area contributed by atoms with Crippen LogP contribution in [0.4, 0.5) is 0 Å². The summed E-state index contributed by atoms with van der Waals surface area (Å²) in [7, 11) is 1.92. The van der Waals surface area contributed by atoms with Crippen LogP contribution in [0, 0.1) is 6.92 Å². The SMILES string of the molecule is Cc1noc(C2CCN(C(=O)c3ccccc3SCC(=O)N(C)C3CCCCC3)CC2)n1. The number of nitrogens with zero attached hydrogens (tertiary/aromatic N) is 4. The van der Waals surface area contributed by atoms with Gasteiger partial charge < -0.3 is 14.3 Å². The second-order valence-electron chi connectivity index (χ2n) is 8.83. The smallest absolute Gasteiger partial charge is 0.254 e. The van der Waals surface area contributed by atoms with Crippen molar-refractivity contribution in [2.45, 2.75) is 68.7 Å². The largest absolute Gasteiger partial charge is 0.342 e. The van der Waals surface area contributed by atoms with Crippen LogP contribution in [0.2, 0.25) is 0 Å². The zero-order chi connectivity index (χ0) is 22.5. The lowest BCUT2D eigenvalue weighted by molar-refractivity contribution is -0.129. The van der Waals surface area contributed by atoms with Crippen LogP contribution < -0.4 is 0 Å². The molecule has 1 aromatic carbocycles. The number of thioether (sulfide) groups is 1. The van der Waals surface area contributed by atoms with Gasteiger partial charge in [-0.3, -0.25) is 9.59 Å². The number of aryl methyl sites for hydroxylation is 1. The monoisotopic (exact) mass is 456 g/mol. The van der Waals surface area contributed by atoms with Crippen LogP contribution in [0.25, 0.3) is 0 Å². The molecule has 1 aliphatic carbocycles. The average molecular weight is 457 g/mol. The number of carbonyl (C=O) groups is 2. The molecule has 1 aromatic heterocycles. The number of likely N-dealkylation sites (tertiary alicyclic amines) is 1. The van der Waals surface area contributed by atoms with E-state index in [1.807, 2.05) is 48.0 Å². The van der Waals surface area contributed by atoms with Gasteiger partial charge in [-0.25, -0.2) is 0 Å². The Bertz CT molecular complexity index is 933. The lowest BCUT2D eigenvalue weighted by atomic mass is 9.94. The van der Waals surface area contributed by atoms with Crippen molar-refractivity contribution in [3.8, 4) is 0 Å². The summed E-state index contributed by atoms with van der Waals surface area (Å²) in [4.78, 5) is 35.1. The third-order valence-corrected chi connectivity index (χ3v) is 7.72. The molecule has 2 fully saturated rings. The molecule has 0 atom stereocenters. The average Bonchev–Trinajstić information content (AvgIpc) is 3.28. The molecule has 32 heavy (non-hydrogen) atoms. The van der Waals surface area contributed by atoms with E-state index >= 15 is 0 Å². The zero-order valence-electron chi connectivity index (χ0n) is 19.0. The Hall–Kier alpha value is -2.35. The van der Waals surface area contributed by atoms with Crippen molar-refractivity contribution >= 4 is 23.6 Å². The highest BCUT2D eigenvalue weighted by Crippen LogP contribution is 2.30. The number of piperidine rings is 1. The Morgan fingerprint density at radius 2 is 1.84 bits per heavy atom. The molecule has 2 heterocycles. The van der Waals surface area contributed by atoms with Crippen molar-refractivity contribution in [3.63, 3.8) is 0 Å². The molecular formula is C24H32N4O3S. The summed E-state index contributed by atoms with van der Waals surface area (Å²) in [5.41, 5.74) is 0.678. The Morgan fingerprint density at radius 3 is 2.53 bits per heavy atom. The topological polar surface area (TPSA) is 79.5 Å². The summed E-state index contributed by atoms with van der Waals surface area (Å²) in [5, 5.41) is 3.88. The fraction of sp³-hybridized carbons (Fsp3) is 0.583. The molecule has 8 heteroatoms. The standard InChI is InChI=1S/C24H32N4O3S/c1-17-25-23(31-26-17)18-12-14-28(15-13-18)24(30)20-10-6-7-11-21(20)32-16-22(29)27(2)19-8-4-3-5-9-19/h6-7,10-11,18-19H,3-5,8-9,12-16H2,1-2H3. The predicted octanol–water partition coefficient (Wildman–Crippen LogP) is 4.28. The Balaban J connectivity index is 1.34. The first-order chi connectivity index (χ1) is 15.5. The van der Waals surface area contributed by atoms with Crippen LogP contribution in [-0.2, 0) is 4.79 Å². The normalized spacial score (nSPS) is 18.0. The van der Waals surface area contributed by atoms with Crippen LogP contribution in [0.5, 0.6) is 0 Å². The number of aromatic nitrogens is 2. The molecule has 172 valence electrons. The summed E-state index contributed by atoms with van der Waals surface area (Å²) in [6.07, 6.45) is 7.50. The highest BCUT2D eigenvalue weighted by Gasteiger charge is 2.29. The number of benzene rings is 1. The van der Waals surface area contributed by atoms with Gasteiger partial charge in [-0.15, -0.1) is 11.8 Å². The molecule has 2 amide bonds. The highest BCUT2D eigenvalue weighted by molar-refractivity contribution is 8.00. The number of rotatable bonds is 6. The maximum Gasteiger partial charge on any atom is 0.254 e. The van der Waals surface area contributed by atoms with Crippen molar-refractivity contribution in [1.82, 2.24) is 19.9 Å². The van der Waals surface area contributed by atoms with E-state index in [4.69, 9.17) is 4.52 Å². The van der Waals surface area contributed by atoms with Crippen LogP contribution in [0.1, 0.15) is 72.9 Å². The third kappa shape index (κ3) is 5.34. The van der Waals surface area contributed by atoms with E-state index in [1.54, 1.807) is 0 Å². The van der Waals surface area contributed by atoms with E-state index in [9.17, 15) is 9.59 Å². The summed E-state index contributed by atoms with van der Waals surface area (Å²) in [6.45, 7) is 3.14. The minimum atomic E-state index is 0.0290. The molecule has 0 N–H and O–H groups in total. The van der Waals surface area contributed by atoms with E-state index in [-0.39, 0.29) is 17.7 Å². The molecule has 4 rings (SSSR count). The number of hydrogen-bond donors (Lipinski definition) is 0. The molecule has 0 unspecified atom stereocenters. The van der Waals surface area contributed by atoms with Gasteiger partial charge in [0, 0.05) is 37.0 Å². The fourth-order valence-electron chi connectivity index (χ4n) is 4.66. The first-order valence-electron chi connectivity index (χ1n) is 11.6. The summed E-state index contributed by atoms with van der Waals surface area (Å²) < 4.78 is 5.32. The second kappa shape index (κ2) is 10.5. The maximum atomic E-state index is 13.3. The Labute approximate surface area is 193 Å². The number of hydrogen-bond acceptors (Lipinski definition) is 6. The van der Waals surface area contributed by atoms with Crippen LogP contribution in [0.15, 0.2) is 33.7 Å². The quantitative estimate of drug-likeness (QED) is 0.604. The lowest BCUT2D eigenvalue weighted by Gasteiger charge is -2.31. The van der Waals surface area contributed by atoms with E-state index < -0.39 is 0 Å². The minimum Gasteiger partial charge on any atom is -0.342 e. The molecule has 2 aromatic rings. The van der Waals surface area contributed by atoms with Gasteiger partial charge in [-0.05, 0) is 44.7 Å². The van der Waals surface area contributed by atoms with Crippen LogP contribution in [-0.4, -0.2) is 63.7 Å². The molecule has 2 aliphatic rings. The van der Waals surface area contributed by atoms with Crippen molar-refractivity contribution in [3.05, 3.63) is 41.5 Å². The molecule has 0 radical (unpaired) electrons. The number of carbonyl (C=O) groups excluding carboxylic acids is 2. The van der Waals surface area contributed by atoms with Crippen molar-refractivity contribution < 1.29 is 14.1 Å². The highest BCUT2D eigenvalue weighted by atomic mass is 32.2. The van der Waals surface area contributed by atoms with Gasteiger partial charge in [-0.2, -0.15) is 4.98 Å². The van der Waals surface area contributed by atoms with Gasteiger partial charge in [0.25, 0.3) is 5.91 Å². The van der Waals surface area contributed by atoms with Gasteiger partial charge in [0.2, 0.25) is 11.8 Å². The molecular weight excluding hydrogens is 424 g/mol. The molecule has 1 saturated heterocycles. The summed E-state index contributed by atoms with van der Waals surface area (Å²) in [6, 6.07) is 7.99. The van der Waals surface area contributed by atoms with Gasteiger partial charge >= 0.3 is 0 Å². The Kier molecular flexibility index (Phi) is 7.50. The first kappa shape index (κ1) is 22.8. The Morgan fingerprint density at radius 1 is 1.12 bits per heavy atom. The van der Waals surface area contributed by atoms with Crippen molar-refractivity contribution in [2.24, 2.45) is 0 Å². The van der Waals surface area contributed by atoms with E-state index in [0.717, 1.165) is 30.6 Å². The van der Waals surface area contributed by atoms with E-state index in [0.29, 0.717) is 42.2 Å². The van der Waals surface area contributed by atoms with E-state index in [2.05, 4.69) is 10.1 Å².